The van der Waals surface area contributed by atoms with Gasteiger partial charge in [0.2, 0.25) is 5.91 Å². The quantitative estimate of drug-likeness (QED) is 0.489. The van der Waals surface area contributed by atoms with E-state index < -0.39 is 11.6 Å². The summed E-state index contributed by atoms with van der Waals surface area (Å²) >= 11 is 0. The summed E-state index contributed by atoms with van der Waals surface area (Å²) in [6.07, 6.45) is 1.36. The maximum absolute atomic E-state index is 11.5. The Bertz CT molecular complexity index is 272. The molecule has 1 aliphatic heterocycles. The summed E-state index contributed by atoms with van der Waals surface area (Å²) in [6.45, 7) is 2.17. The van der Waals surface area contributed by atoms with Gasteiger partial charge < -0.3 is 20.8 Å². The summed E-state index contributed by atoms with van der Waals surface area (Å²) in [5, 5.41) is 23.8. The van der Waals surface area contributed by atoms with Crippen LogP contribution in [0, 0.1) is 0 Å². The molecule has 6 heteroatoms. The molecule has 1 rings (SSSR count). The molecule has 1 amide bonds. The number of rotatable bonds is 5. The maximum atomic E-state index is 11.5. The number of carboxylic acid groups (broad SMARTS) is 1. The number of carbonyl (C=O) groups excluding carboxylic acids is 1. The van der Waals surface area contributed by atoms with Gasteiger partial charge in [0.05, 0.1) is 18.1 Å². The molecule has 1 aliphatic rings. The lowest BCUT2D eigenvalue weighted by Crippen LogP contribution is -2.47. The molecule has 16 heavy (non-hydrogen) atoms. The Kier molecular flexibility index (Phi) is 4.26. The van der Waals surface area contributed by atoms with E-state index in [-0.39, 0.29) is 24.9 Å². The zero-order valence-corrected chi connectivity index (χ0v) is 9.32. The molecule has 0 bridgehead atoms. The first-order valence-corrected chi connectivity index (χ1v) is 5.36. The molecule has 0 aromatic carbocycles. The highest BCUT2D eigenvalue weighted by atomic mass is 16.4. The van der Waals surface area contributed by atoms with Gasteiger partial charge in [-0.1, -0.05) is 0 Å². The van der Waals surface area contributed by atoms with Gasteiger partial charge in [-0.05, 0) is 26.3 Å². The van der Waals surface area contributed by atoms with Crippen LogP contribution in [0.25, 0.3) is 0 Å². The van der Waals surface area contributed by atoms with Gasteiger partial charge >= 0.3 is 5.97 Å². The Balaban J connectivity index is 2.32. The highest BCUT2D eigenvalue weighted by molar-refractivity contribution is 5.82. The van der Waals surface area contributed by atoms with Crippen molar-refractivity contribution in [2.75, 3.05) is 13.1 Å². The van der Waals surface area contributed by atoms with E-state index >= 15 is 0 Å². The van der Waals surface area contributed by atoms with Crippen molar-refractivity contribution in [2.45, 2.75) is 37.8 Å². The van der Waals surface area contributed by atoms with Crippen LogP contribution in [-0.4, -0.2) is 46.8 Å². The van der Waals surface area contributed by atoms with Gasteiger partial charge in [-0.2, -0.15) is 0 Å². The molecular formula is C10H18N2O4. The van der Waals surface area contributed by atoms with Crippen LogP contribution >= 0.6 is 0 Å². The van der Waals surface area contributed by atoms with Crippen LogP contribution in [0.5, 0.6) is 0 Å². The molecule has 1 heterocycles. The van der Waals surface area contributed by atoms with Crippen LogP contribution in [0.4, 0.5) is 0 Å². The minimum absolute atomic E-state index is 0.0453. The minimum atomic E-state index is -1.40. The van der Waals surface area contributed by atoms with Crippen molar-refractivity contribution in [3.63, 3.8) is 0 Å². The van der Waals surface area contributed by atoms with Gasteiger partial charge in [0, 0.05) is 6.54 Å². The number of aliphatic hydroxyl groups is 1. The van der Waals surface area contributed by atoms with Crippen LogP contribution in [-0.2, 0) is 9.59 Å². The smallest absolute Gasteiger partial charge is 0.306 e. The van der Waals surface area contributed by atoms with Crippen molar-refractivity contribution in [2.24, 2.45) is 0 Å². The minimum Gasteiger partial charge on any atom is -0.481 e. The summed E-state index contributed by atoms with van der Waals surface area (Å²) in [4.78, 5) is 22.0. The molecule has 4 N–H and O–H groups in total. The Morgan fingerprint density at radius 3 is 2.75 bits per heavy atom. The van der Waals surface area contributed by atoms with Crippen LogP contribution < -0.4 is 10.6 Å². The SMILES string of the molecule is CC(O)(CNC(=O)[C@@H]1CCCN1)CC(=O)O. The maximum Gasteiger partial charge on any atom is 0.306 e. The van der Waals surface area contributed by atoms with Crippen LogP contribution in [0.15, 0.2) is 0 Å². The molecule has 0 radical (unpaired) electrons. The lowest BCUT2D eigenvalue weighted by atomic mass is 10.0. The van der Waals surface area contributed by atoms with E-state index in [1.165, 1.54) is 6.92 Å². The monoisotopic (exact) mass is 230 g/mol. The van der Waals surface area contributed by atoms with E-state index in [9.17, 15) is 14.7 Å². The van der Waals surface area contributed by atoms with Gasteiger partial charge in [0.25, 0.3) is 0 Å². The average Bonchev–Trinajstić information content (AvgIpc) is 2.64. The zero-order chi connectivity index (χ0) is 12.2. The van der Waals surface area contributed by atoms with Crippen molar-refractivity contribution in [1.29, 1.82) is 0 Å². The highest BCUT2D eigenvalue weighted by Gasteiger charge is 2.27. The topological polar surface area (TPSA) is 98.7 Å². The number of amides is 1. The lowest BCUT2D eigenvalue weighted by Gasteiger charge is -2.22. The Hall–Kier alpha value is -1.14. The number of aliphatic carboxylic acids is 1. The molecule has 0 spiro atoms. The molecule has 92 valence electrons. The fourth-order valence-corrected chi connectivity index (χ4v) is 1.70. The number of carboxylic acids is 1. The van der Waals surface area contributed by atoms with Crippen molar-refractivity contribution >= 4 is 11.9 Å². The predicted molar refractivity (Wildman–Crippen MR) is 56.9 cm³/mol. The highest BCUT2D eigenvalue weighted by Crippen LogP contribution is 2.09. The van der Waals surface area contributed by atoms with E-state index in [1.54, 1.807) is 0 Å². The number of nitrogens with one attached hydrogen (secondary N) is 2. The summed E-state index contributed by atoms with van der Waals surface area (Å²) in [5.41, 5.74) is -1.40. The molecule has 1 fully saturated rings. The molecule has 6 nitrogen and oxygen atoms in total. The molecule has 2 atom stereocenters. The van der Waals surface area contributed by atoms with E-state index in [1.807, 2.05) is 0 Å². The third kappa shape index (κ3) is 4.16. The van der Waals surface area contributed by atoms with Crippen LogP contribution in [0.2, 0.25) is 0 Å². The summed E-state index contributed by atoms with van der Waals surface area (Å²) in [5.74, 6) is -1.26. The summed E-state index contributed by atoms with van der Waals surface area (Å²) in [7, 11) is 0. The first kappa shape index (κ1) is 12.9. The second kappa shape index (κ2) is 5.27. The van der Waals surface area contributed by atoms with E-state index in [4.69, 9.17) is 5.11 Å². The molecule has 0 saturated carbocycles. The van der Waals surface area contributed by atoms with E-state index in [2.05, 4.69) is 10.6 Å². The zero-order valence-electron chi connectivity index (χ0n) is 9.32. The summed E-state index contributed by atoms with van der Waals surface area (Å²) in [6, 6.07) is -0.208. The third-order valence-corrected chi connectivity index (χ3v) is 2.55. The van der Waals surface area contributed by atoms with Crippen molar-refractivity contribution in [1.82, 2.24) is 10.6 Å². The Labute approximate surface area is 94.0 Å². The Morgan fingerprint density at radius 2 is 2.25 bits per heavy atom. The number of carbonyl (C=O) groups is 2. The van der Waals surface area contributed by atoms with Gasteiger partial charge in [0.15, 0.2) is 0 Å². The standard InChI is InChI=1S/C10H18N2O4/c1-10(16,5-8(13)14)6-12-9(15)7-3-2-4-11-7/h7,11,16H,2-6H2,1H3,(H,12,15)(H,13,14)/t7-,10?/m0/s1. The van der Waals surface area contributed by atoms with Gasteiger partial charge in [-0.3, -0.25) is 9.59 Å². The first-order valence-electron chi connectivity index (χ1n) is 5.36. The molecule has 0 aliphatic carbocycles. The van der Waals surface area contributed by atoms with Gasteiger partial charge in [0.1, 0.15) is 0 Å². The fraction of sp³-hybridized carbons (Fsp3) is 0.800. The Morgan fingerprint density at radius 1 is 1.56 bits per heavy atom. The average molecular weight is 230 g/mol. The third-order valence-electron chi connectivity index (χ3n) is 2.55. The normalized spacial score (nSPS) is 23.8. The molecule has 0 aromatic heterocycles. The van der Waals surface area contributed by atoms with Crippen molar-refractivity contribution < 1.29 is 19.8 Å². The van der Waals surface area contributed by atoms with Gasteiger partial charge in [-0.25, -0.2) is 0 Å². The van der Waals surface area contributed by atoms with Crippen molar-refractivity contribution in [3.8, 4) is 0 Å². The largest absolute Gasteiger partial charge is 0.481 e. The molecule has 1 unspecified atom stereocenters. The van der Waals surface area contributed by atoms with Crippen molar-refractivity contribution in [3.05, 3.63) is 0 Å². The number of hydrogen-bond donors (Lipinski definition) is 4. The second-order valence-corrected chi connectivity index (χ2v) is 4.43. The van der Waals surface area contributed by atoms with Gasteiger partial charge in [-0.15, -0.1) is 0 Å². The molecule has 1 saturated heterocycles. The summed E-state index contributed by atoms with van der Waals surface area (Å²) < 4.78 is 0. The first-order chi connectivity index (χ1) is 7.41. The fourth-order valence-electron chi connectivity index (χ4n) is 1.70. The molecule has 0 aromatic rings. The molecular weight excluding hydrogens is 212 g/mol. The second-order valence-electron chi connectivity index (χ2n) is 4.43. The number of hydrogen-bond acceptors (Lipinski definition) is 4. The predicted octanol–water partition coefficient (Wildman–Crippen LogP) is -0.920. The van der Waals surface area contributed by atoms with E-state index in [0.29, 0.717) is 0 Å². The van der Waals surface area contributed by atoms with Crippen LogP contribution in [0.3, 0.4) is 0 Å². The lowest BCUT2D eigenvalue weighted by molar-refractivity contribution is -0.142. The van der Waals surface area contributed by atoms with E-state index in [0.717, 1.165) is 19.4 Å². The van der Waals surface area contributed by atoms with Crippen LogP contribution in [0.1, 0.15) is 26.2 Å².